The minimum Gasteiger partial charge on any atom is -0.207 e. The Morgan fingerprint density at radius 1 is 1.19 bits per heavy atom. The SMILES string of the molecule is C=C1CC2CCC(CC1=C)C(NS(=O)(=O)c1cccs1)C2. The fourth-order valence-electron chi connectivity index (χ4n) is 3.52. The molecule has 0 radical (unpaired) electrons. The summed E-state index contributed by atoms with van der Waals surface area (Å²) >= 11 is 1.27. The monoisotopic (exact) mass is 323 g/mol. The molecular formula is C16H21NO2S2. The number of nitrogens with one attached hydrogen (secondary N) is 1. The van der Waals surface area contributed by atoms with Crippen LogP contribution in [-0.2, 0) is 10.0 Å². The highest BCUT2D eigenvalue weighted by atomic mass is 32.2. The third-order valence-corrected chi connectivity index (χ3v) is 7.60. The summed E-state index contributed by atoms with van der Waals surface area (Å²) in [5.41, 5.74) is 2.26. The predicted molar refractivity (Wildman–Crippen MR) is 86.8 cm³/mol. The zero-order valence-corrected chi connectivity index (χ0v) is 13.7. The first kappa shape index (κ1) is 15.0. The molecule has 3 atom stereocenters. The maximum absolute atomic E-state index is 12.4. The molecule has 0 aliphatic heterocycles. The maximum atomic E-state index is 12.4. The van der Waals surface area contributed by atoms with Gasteiger partial charge in [0.2, 0.25) is 10.0 Å². The summed E-state index contributed by atoms with van der Waals surface area (Å²) in [5.74, 6) is 0.877. The van der Waals surface area contributed by atoms with Gasteiger partial charge in [0.25, 0.3) is 0 Å². The Morgan fingerprint density at radius 3 is 2.67 bits per heavy atom. The van der Waals surface area contributed by atoms with Gasteiger partial charge in [-0.05, 0) is 55.4 Å². The molecule has 3 aliphatic rings. The first-order chi connectivity index (χ1) is 9.95. The molecular weight excluding hydrogens is 302 g/mol. The molecule has 0 aromatic carbocycles. The lowest BCUT2D eigenvalue weighted by atomic mass is 9.70. The minimum absolute atomic E-state index is 0.0284. The molecule has 21 heavy (non-hydrogen) atoms. The average Bonchev–Trinajstić information content (AvgIpc) is 2.94. The standard InChI is InChI=1S/C16H21NO2S2/c1-11-8-13-5-6-14(9-12(11)2)15(10-13)17-21(18,19)16-4-3-7-20-16/h3-4,7,13-15,17H,1-2,5-6,8-10H2. The largest absolute Gasteiger partial charge is 0.250 e. The molecule has 1 aromatic rings. The van der Waals surface area contributed by atoms with Crippen molar-refractivity contribution < 1.29 is 8.42 Å². The van der Waals surface area contributed by atoms with Crippen LogP contribution in [0.15, 0.2) is 46.0 Å². The second-order valence-corrected chi connectivity index (χ2v) is 9.10. The van der Waals surface area contributed by atoms with Gasteiger partial charge in [0, 0.05) is 6.04 Å². The van der Waals surface area contributed by atoms with Gasteiger partial charge in [-0.2, -0.15) is 0 Å². The Morgan fingerprint density at radius 2 is 1.95 bits per heavy atom. The number of hydrogen-bond donors (Lipinski definition) is 1. The third kappa shape index (κ3) is 3.15. The predicted octanol–water partition coefficient (Wildman–Crippen LogP) is 3.72. The van der Waals surface area contributed by atoms with Crippen molar-refractivity contribution in [2.45, 2.75) is 42.4 Å². The van der Waals surface area contributed by atoms with Crippen molar-refractivity contribution in [2.24, 2.45) is 11.8 Å². The number of sulfonamides is 1. The van der Waals surface area contributed by atoms with Crippen molar-refractivity contribution in [1.29, 1.82) is 0 Å². The first-order valence-electron chi connectivity index (χ1n) is 7.37. The van der Waals surface area contributed by atoms with Crippen LogP contribution in [0.25, 0.3) is 0 Å². The van der Waals surface area contributed by atoms with E-state index in [1.165, 1.54) is 17.8 Å². The molecule has 1 aromatic heterocycles. The van der Waals surface area contributed by atoms with Gasteiger partial charge in [0.1, 0.15) is 4.21 Å². The number of allylic oxidation sites excluding steroid dienone is 2. The van der Waals surface area contributed by atoms with Gasteiger partial charge < -0.3 is 0 Å². The van der Waals surface area contributed by atoms with Gasteiger partial charge >= 0.3 is 0 Å². The van der Waals surface area contributed by atoms with Crippen LogP contribution in [0.4, 0.5) is 0 Å². The Balaban J connectivity index is 1.80. The van der Waals surface area contributed by atoms with E-state index >= 15 is 0 Å². The molecule has 0 saturated heterocycles. The van der Waals surface area contributed by atoms with Gasteiger partial charge in [-0.1, -0.05) is 30.4 Å². The lowest BCUT2D eigenvalue weighted by Crippen LogP contribution is -2.45. The Labute approximate surface area is 130 Å². The van der Waals surface area contributed by atoms with E-state index in [0.717, 1.165) is 36.8 Å². The highest BCUT2D eigenvalue weighted by molar-refractivity contribution is 7.91. The van der Waals surface area contributed by atoms with Crippen molar-refractivity contribution in [3.63, 3.8) is 0 Å². The summed E-state index contributed by atoms with van der Waals surface area (Å²) in [7, 11) is -3.38. The number of fused-ring (bicyclic) bond motifs is 5. The molecule has 114 valence electrons. The number of thiophene rings is 1. The normalized spacial score (nSPS) is 30.2. The van der Waals surface area contributed by atoms with Crippen molar-refractivity contribution in [3.05, 3.63) is 41.8 Å². The first-order valence-corrected chi connectivity index (χ1v) is 9.74. The summed E-state index contributed by atoms with van der Waals surface area (Å²) in [6, 6.07) is 3.46. The highest BCUT2D eigenvalue weighted by Crippen LogP contribution is 2.41. The Kier molecular flexibility index (Phi) is 4.08. The topological polar surface area (TPSA) is 46.2 Å². The zero-order chi connectivity index (χ0) is 15.0. The molecule has 3 fully saturated rings. The summed E-state index contributed by atoms with van der Waals surface area (Å²) in [4.78, 5) is 0. The number of hydrogen-bond acceptors (Lipinski definition) is 3. The van der Waals surface area contributed by atoms with Crippen molar-refractivity contribution in [2.75, 3.05) is 0 Å². The minimum atomic E-state index is -3.38. The van der Waals surface area contributed by atoms with Crippen LogP contribution in [0.5, 0.6) is 0 Å². The van der Waals surface area contributed by atoms with E-state index in [2.05, 4.69) is 17.9 Å². The molecule has 1 heterocycles. The van der Waals surface area contributed by atoms with Crippen molar-refractivity contribution in [1.82, 2.24) is 4.72 Å². The lowest BCUT2D eigenvalue weighted by Gasteiger charge is -2.40. The van der Waals surface area contributed by atoms with E-state index in [1.807, 2.05) is 0 Å². The summed E-state index contributed by atoms with van der Waals surface area (Å²) < 4.78 is 28.2. The van der Waals surface area contributed by atoms with Crippen LogP contribution in [0.3, 0.4) is 0 Å². The van der Waals surface area contributed by atoms with E-state index in [9.17, 15) is 8.42 Å². The zero-order valence-electron chi connectivity index (χ0n) is 12.0. The maximum Gasteiger partial charge on any atom is 0.250 e. The van der Waals surface area contributed by atoms with Crippen molar-refractivity contribution in [3.8, 4) is 0 Å². The molecule has 1 N–H and O–H groups in total. The average molecular weight is 323 g/mol. The smallest absolute Gasteiger partial charge is 0.207 e. The molecule has 0 spiro atoms. The fraction of sp³-hybridized carbons (Fsp3) is 0.500. The van der Waals surface area contributed by atoms with Crippen LogP contribution < -0.4 is 4.72 Å². The number of rotatable bonds is 3. The summed E-state index contributed by atoms with van der Waals surface area (Å²) in [6.45, 7) is 8.24. The second kappa shape index (κ2) is 5.71. The van der Waals surface area contributed by atoms with Crippen LogP contribution >= 0.6 is 11.3 Å². The van der Waals surface area contributed by atoms with E-state index < -0.39 is 10.0 Å². The third-order valence-electron chi connectivity index (χ3n) is 4.71. The molecule has 5 heteroatoms. The molecule has 3 aliphatic carbocycles. The molecule has 4 rings (SSSR count). The van der Waals surface area contributed by atoms with Crippen LogP contribution in [0.1, 0.15) is 32.1 Å². The highest BCUT2D eigenvalue weighted by Gasteiger charge is 2.36. The lowest BCUT2D eigenvalue weighted by molar-refractivity contribution is 0.212. The van der Waals surface area contributed by atoms with Gasteiger partial charge in [-0.25, -0.2) is 13.1 Å². The molecule has 3 nitrogen and oxygen atoms in total. The molecule has 3 saturated carbocycles. The van der Waals surface area contributed by atoms with E-state index in [4.69, 9.17) is 0 Å². The van der Waals surface area contributed by atoms with E-state index in [1.54, 1.807) is 17.5 Å². The van der Waals surface area contributed by atoms with Crippen LogP contribution in [-0.4, -0.2) is 14.5 Å². The fourth-order valence-corrected chi connectivity index (χ4v) is 5.85. The van der Waals surface area contributed by atoms with Crippen LogP contribution in [0, 0.1) is 11.8 Å². The van der Waals surface area contributed by atoms with E-state index in [0.29, 0.717) is 16.0 Å². The molecule has 3 unspecified atom stereocenters. The molecule has 0 amide bonds. The Bertz CT molecular complexity index is 646. The van der Waals surface area contributed by atoms with Gasteiger partial charge in [0.15, 0.2) is 0 Å². The Hall–Kier alpha value is -0.910. The molecule has 2 bridgehead atoms. The van der Waals surface area contributed by atoms with Crippen molar-refractivity contribution >= 4 is 21.4 Å². The van der Waals surface area contributed by atoms with Gasteiger partial charge in [0.05, 0.1) is 0 Å². The quantitative estimate of drug-likeness (QED) is 0.921. The van der Waals surface area contributed by atoms with Gasteiger partial charge in [-0.3, -0.25) is 0 Å². The summed E-state index contributed by atoms with van der Waals surface area (Å²) in [6.07, 6.45) is 5.00. The van der Waals surface area contributed by atoms with E-state index in [-0.39, 0.29) is 6.04 Å². The van der Waals surface area contributed by atoms with Gasteiger partial charge in [-0.15, -0.1) is 11.3 Å². The summed E-state index contributed by atoms with van der Waals surface area (Å²) in [5, 5.41) is 1.80. The second-order valence-electron chi connectivity index (χ2n) is 6.21. The van der Waals surface area contributed by atoms with Crippen LogP contribution in [0.2, 0.25) is 0 Å².